The van der Waals surface area contributed by atoms with Crippen molar-refractivity contribution in [2.24, 2.45) is 0 Å². The molecule has 2 aliphatic rings. The standard InChI is InChI=1S/C20H31ClN4O/c1-3-23-12-14-24(15-13-23)19-8-10-25(11-9-19)20(26)22-16(2)17-4-6-18(21)7-5-17/h4-7,16,19H,3,8-15H2,1-2H3,(H,22,26). The van der Waals surface area contributed by atoms with Crippen molar-refractivity contribution in [2.75, 3.05) is 45.8 Å². The topological polar surface area (TPSA) is 38.8 Å². The van der Waals surface area contributed by atoms with E-state index < -0.39 is 0 Å². The summed E-state index contributed by atoms with van der Waals surface area (Å²) in [7, 11) is 0. The normalized spacial score (nSPS) is 21.6. The number of likely N-dealkylation sites (N-methyl/N-ethyl adjacent to an activating group) is 1. The molecule has 2 heterocycles. The number of urea groups is 1. The minimum Gasteiger partial charge on any atom is -0.331 e. The van der Waals surface area contributed by atoms with Crippen LogP contribution in [0.25, 0.3) is 0 Å². The maximum Gasteiger partial charge on any atom is 0.317 e. The molecule has 2 fully saturated rings. The van der Waals surface area contributed by atoms with Gasteiger partial charge in [-0.05, 0) is 44.0 Å². The molecule has 2 saturated heterocycles. The van der Waals surface area contributed by atoms with E-state index in [1.807, 2.05) is 36.1 Å². The maximum atomic E-state index is 12.6. The summed E-state index contributed by atoms with van der Waals surface area (Å²) in [5, 5.41) is 3.83. The van der Waals surface area contributed by atoms with E-state index >= 15 is 0 Å². The molecule has 1 atom stereocenters. The summed E-state index contributed by atoms with van der Waals surface area (Å²) in [5.41, 5.74) is 1.08. The molecule has 3 rings (SSSR count). The Morgan fingerprint density at radius 2 is 1.73 bits per heavy atom. The fourth-order valence-corrected chi connectivity index (χ4v) is 4.12. The average molecular weight is 379 g/mol. The van der Waals surface area contributed by atoms with Gasteiger partial charge in [-0.25, -0.2) is 4.79 Å². The zero-order chi connectivity index (χ0) is 18.5. The van der Waals surface area contributed by atoms with Crippen LogP contribution in [0, 0.1) is 0 Å². The first-order chi connectivity index (χ1) is 12.6. The van der Waals surface area contributed by atoms with Gasteiger partial charge in [-0.15, -0.1) is 0 Å². The van der Waals surface area contributed by atoms with Crippen LogP contribution in [0.4, 0.5) is 4.79 Å². The fraction of sp³-hybridized carbons (Fsp3) is 0.650. The van der Waals surface area contributed by atoms with Crippen molar-refractivity contribution >= 4 is 17.6 Å². The molecule has 1 aromatic carbocycles. The van der Waals surface area contributed by atoms with Gasteiger partial charge in [0.15, 0.2) is 0 Å². The molecule has 0 spiro atoms. The molecule has 0 saturated carbocycles. The predicted octanol–water partition coefficient (Wildman–Crippen LogP) is 3.21. The Morgan fingerprint density at radius 1 is 1.12 bits per heavy atom. The molecule has 2 amide bonds. The van der Waals surface area contributed by atoms with Gasteiger partial charge < -0.3 is 15.1 Å². The summed E-state index contributed by atoms with van der Waals surface area (Å²) in [6, 6.07) is 8.32. The summed E-state index contributed by atoms with van der Waals surface area (Å²) in [4.78, 5) is 19.7. The van der Waals surface area contributed by atoms with Gasteiger partial charge in [0.1, 0.15) is 0 Å². The number of hydrogen-bond acceptors (Lipinski definition) is 3. The largest absolute Gasteiger partial charge is 0.331 e. The van der Waals surface area contributed by atoms with Crippen LogP contribution in [0.15, 0.2) is 24.3 Å². The van der Waals surface area contributed by atoms with Crippen molar-refractivity contribution < 1.29 is 4.79 Å². The summed E-state index contributed by atoms with van der Waals surface area (Å²) in [6.07, 6.45) is 2.16. The maximum absolute atomic E-state index is 12.6. The lowest BCUT2D eigenvalue weighted by Gasteiger charge is -2.42. The number of nitrogens with one attached hydrogen (secondary N) is 1. The molecular formula is C20H31ClN4O. The van der Waals surface area contributed by atoms with Gasteiger partial charge in [-0.2, -0.15) is 0 Å². The second-order valence-electron chi connectivity index (χ2n) is 7.41. The first kappa shape index (κ1) is 19.5. The Bertz CT molecular complexity index is 578. The first-order valence-electron chi connectivity index (χ1n) is 9.84. The van der Waals surface area contributed by atoms with Crippen LogP contribution in [-0.2, 0) is 0 Å². The number of carbonyl (C=O) groups excluding carboxylic acids is 1. The number of piperidine rings is 1. The van der Waals surface area contributed by atoms with E-state index in [0.717, 1.165) is 51.1 Å². The highest BCUT2D eigenvalue weighted by molar-refractivity contribution is 6.30. The SMILES string of the molecule is CCN1CCN(C2CCN(C(=O)NC(C)c3ccc(Cl)cc3)CC2)CC1. The molecule has 5 nitrogen and oxygen atoms in total. The Kier molecular flexibility index (Phi) is 6.79. The average Bonchev–Trinajstić information content (AvgIpc) is 2.68. The third kappa shape index (κ3) is 4.90. The lowest BCUT2D eigenvalue weighted by atomic mass is 10.0. The molecule has 0 bridgehead atoms. The molecular weight excluding hydrogens is 348 g/mol. The monoisotopic (exact) mass is 378 g/mol. The van der Waals surface area contributed by atoms with Gasteiger partial charge in [0.05, 0.1) is 6.04 Å². The molecule has 144 valence electrons. The van der Waals surface area contributed by atoms with Crippen molar-refractivity contribution in [3.05, 3.63) is 34.9 Å². The Labute approximate surface area is 162 Å². The predicted molar refractivity (Wildman–Crippen MR) is 107 cm³/mol. The van der Waals surface area contributed by atoms with E-state index in [1.54, 1.807) is 0 Å². The van der Waals surface area contributed by atoms with Crippen molar-refractivity contribution in [1.29, 1.82) is 0 Å². The minimum absolute atomic E-state index is 0.0142. The number of piperazine rings is 1. The Hall–Kier alpha value is -1.30. The molecule has 2 aliphatic heterocycles. The van der Waals surface area contributed by atoms with Gasteiger partial charge in [0.25, 0.3) is 0 Å². The summed E-state index contributed by atoms with van der Waals surface area (Å²) in [5.74, 6) is 0. The van der Waals surface area contributed by atoms with E-state index in [-0.39, 0.29) is 12.1 Å². The van der Waals surface area contributed by atoms with Crippen LogP contribution >= 0.6 is 11.6 Å². The molecule has 0 aliphatic carbocycles. The summed E-state index contributed by atoms with van der Waals surface area (Å²) < 4.78 is 0. The Balaban J connectivity index is 1.44. The van der Waals surface area contributed by atoms with E-state index in [4.69, 9.17) is 11.6 Å². The van der Waals surface area contributed by atoms with Crippen LogP contribution in [0.5, 0.6) is 0 Å². The molecule has 26 heavy (non-hydrogen) atoms. The fourth-order valence-electron chi connectivity index (χ4n) is 3.99. The zero-order valence-electron chi connectivity index (χ0n) is 16.0. The number of amides is 2. The number of halogens is 1. The van der Waals surface area contributed by atoms with E-state index in [9.17, 15) is 4.79 Å². The second-order valence-corrected chi connectivity index (χ2v) is 7.85. The van der Waals surface area contributed by atoms with Crippen molar-refractivity contribution in [1.82, 2.24) is 20.0 Å². The third-order valence-electron chi connectivity index (χ3n) is 5.83. The number of likely N-dealkylation sites (tertiary alicyclic amines) is 1. The lowest BCUT2D eigenvalue weighted by molar-refractivity contribution is 0.0673. The van der Waals surface area contributed by atoms with Gasteiger partial charge in [-0.1, -0.05) is 30.7 Å². The highest BCUT2D eigenvalue weighted by Crippen LogP contribution is 2.20. The van der Waals surface area contributed by atoms with E-state index in [0.29, 0.717) is 11.1 Å². The van der Waals surface area contributed by atoms with Gasteiger partial charge in [0.2, 0.25) is 0 Å². The van der Waals surface area contributed by atoms with Crippen LogP contribution in [0.1, 0.15) is 38.3 Å². The van der Waals surface area contributed by atoms with Crippen molar-refractivity contribution in [3.8, 4) is 0 Å². The highest BCUT2D eigenvalue weighted by atomic mass is 35.5. The van der Waals surface area contributed by atoms with Crippen LogP contribution in [0.3, 0.4) is 0 Å². The van der Waals surface area contributed by atoms with Crippen LogP contribution in [0.2, 0.25) is 5.02 Å². The number of nitrogens with zero attached hydrogens (tertiary/aromatic N) is 3. The molecule has 1 N–H and O–H groups in total. The van der Waals surface area contributed by atoms with Crippen LogP contribution < -0.4 is 5.32 Å². The molecule has 1 aromatic rings. The van der Waals surface area contributed by atoms with E-state index in [1.165, 1.54) is 13.1 Å². The summed E-state index contributed by atoms with van der Waals surface area (Å²) in [6.45, 7) is 11.8. The van der Waals surface area contributed by atoms with Gasteiger partial charge >= 0.3 is 6.03 Å². The van der Waals surface area contributed by atoms with Gasteiger partial charge in [-0.3, -0.25) is 4.90 Å². The number of carbonyl (C=O) groups is 1. The zero-order valence-corrected chi connectivity index (χ0v) is 16.7. The number of hydrogen-bond donors (Lipinski definition) is 1. The smallest absolute Gasteiger partial charge is 0.317 e. The number of benzene rings is 1. The Morgan fingerprint density at radius 3 is 2.31 bits per heavy atom. The summed E-state index contributed by atoms with van der Waals surface area (Å²) >= 11 is 5.94. The second kappa shape index (κ2) is 9.07. The quantitative estimate of drug-likeness (QED) is 0.874. The molecule has 0 aromatic heterocycles. The minimum atomic E-state index is -0.0142. The lowest BCUT2D eigenvalue weighted by Crippen LogP contribution is -2.54. The molecule has 1 unspecified atom stereocenters. The van der Waals surface area contributed by atoms with Crippen molar-refractivity contribution in [2.45, 2.75) is 38.8 Å². The first-order valence-corrected chi connectivity index (χ1v) is 10.2. The highest BCUT2D eigenvalue weighted by Gasteiger charge is 2.29. The molecule has 0 radical (unpaired) electrons. The van der Waals surface area contributed by atoms with Gasteiger partial charge in [0, 0.05) is 50.3 Å². The van der Waals surface area contributed by atoms with Crippen LogP contribution in [-0.4, -0.2) is 72.6 Å². The number of rotatable bonds is 4. The molecule has 6 heteroatoms. The van der Waals surface area contributed by atoms with Crippen molar-refractivity contribution in [3.63, 3.8) is 0 Å². The third-order valence-corrected chi connectivity index (χ3v) is 6.08. The van der Waals surface area contributed by atoms with E-state index in [2.05, 4.69) is 22.0 Å².